The molecule has 2 aromatic carbocycles. The van der Waals surface area contributed by atoms with Crippen molar-refractivity contribution < 1.29 is 50.9 Å². The van der Waals surface area contributed by atoms with Gasteiger partial charge in [-0.05, 0) is 44.2 Å². The number of carbonyl (C=O) groups is 1. The highest BCUT2D eigenvalue weighted by molar-refractivity contribution is 7.85. The number of aliphatic hydroxyl groups is 1. The summed E-state index contributed by atoms with van der Waals surface area (Å²) in [6.45, 7) is 2.66. The minimum atomic E-state index is -4.49. The summed E-state index contributed by atoms with van der Waals surface area (Å²) < 4.78 is 67.8. The summed E-state index contributed by atoms with van der Waals surface area (Å²) in [4.78, 5) is 12.6. The van der Waals surface area contributed by atoms with Gasteiger partial charge in [0.2, 0.25) is 0 Å². The van der Waals surface area contributed by atoms with E-state index in [0.717, 1.165) is 25.5 Å². The van der Waals surface area contributed by atoms with Crippen molar-refractivity contribution in [2.75, 3.05) is 20.3 Å². The fourth-order valence-electron chi connectivity index (χ4n) is 5.75. The van der Waals surface area contributed by atoms with Gasteiger partial charge in [0.15, 0.2) is 12.6 Å². The van der Waals surface area contributed by atoms with Gasteiger partial charge in [0.1, 0.15) is 30.2 Å². The Morgan fingerprint density at radius 2 is 1.68 bits per heavy atom. The normalized spacial score (nSPS) is 30.6. The summed E-state index contributed by atoms with van der Waals surface area (Å²) in [5, 5.41) is 11.4. The van der Waals surface area contributed by atoms with Crippen molar-refractivity contribution in [1.29, 1.82) is 0 Å². The number of nitrogens with zero attached hydrogens (tertiary/aromatic N) is 1. The zero-order valence-corrected chi connectivity index (χ0v) is 25.8. The van der Waals surface area contributed by atoms with Crippen LogP contribution in [0.3, 0.4) is 0 Å². The zero-order chi connectivity index (χ0) is 31.1. The van der Waals surface area contributed by atoms with Gasteiger partial charge >= 0.3 is 16.4 Å². The Labute approximate surface area is 258 Å². The smallest absolute Gasteiger partial charge is 0.426 e. The molecule has 12 nitrogen and oxygen atoms in total. The standard InChI is InChI=1S/C31H41NO11S/c1-3-4-19-38-28-26(33)27-25(20-39-29(42-27)21-11-7-5-8-12-21)41-30(28)40-23-17-15-22(16-18-23)32(31(34)37-2)44(35,36)43-24-13-9-6-10-14-24/h5-14,22-23,25-30,33H,3-4,15-20H2,1-2H3/t22?,23?,25?,26?,27-,28-,29?,30-/m1/s1. The average molecular weight is 636 g/mol. The quantitative estimate of drug-likeness (QED) is 0.357. The SMILES string of the molecule is CCCCO[C@@H]1C(O)[C@@H]2OC(c3ccccc3)OCC2O[C@H]1OC1CCC(N(C(=O)OC)S(=O)(=O)Oc2ccccc2)CC1. The number of hydrogen-bond donors (Lipinski definition) is 1. The number of benzene rings is 2. The first kappa shape index (κ1) is 32.6. The minimum absolute atomic E-state index is 0.0876. The second-order valence-electron chi connectivity index (χ2n) is 11.1. The van der Waals surface area contributed by atoms with Crippen LogP contribution in [0.5, 0.6) is 5.75 Å². The molecule has 0 bridgehead atoms. The van der Waals surface area contributed by atoms with E-state index < -0.39 is 59.4 Å². The lowest BCUT2D eigenvalue weighted by atomic mass is 9.92. The number of unbranched alkanes of at least 4 members (excludes halogenated alkanes) is 1. The topological polar surface area (TPSA) is 139 Å². The monoisotopic (exact) mass is 635 g/mol. The molecule has 1 saturated carbocycles. The van der Waals surface area contributed by atoms with Crippen LogP contribution in [0.4, 0.5) is 4.79 Å². The van der Waals surface area contributed by atoms with Gasteiger partial charge in [-0.3, -0.25) is 0 Å². The lowest BCUT2D eigenvalue weighted by Gasteiger charge is -2.48. The van der Waals surface area contributed by atoms with Crippen LogP contribution in [0.15, 0.2) is 60.7 Å². The molecular formula is C31H41NO11S. The Kier molecular flexibility index (Phi) is 11.1. The van der Waals surface area contributed by atoms with E-state index in [1.165, 1.54) is 12.1 Å². The van der Waals surface area contributed by atoms with Gasteiger partial charge in [-0.15, -0.1) is 0 Å². The molecule has 2 heterocycles. The summed E-state index contributed by atoms with van der Waals surface area (Å²) in [6, 6.07) is 16.8. The highest BCUT2D eigenvalue weighted by atomic mass is 32.2. The van der Waals surface area contributed by atoms with Crippen molar-refractivity contribution in [2.24, 2.45) is 0 Å². The molecular weight excluding hydrogens is 594 g/mol. The van der Waals surface area contributed by atoms with Crippen LogP contribution < -0.4 is 4.18 Å². The van der Waals surface area contributed by atoms with Crippen molar-refractivity contribution in [1.82, 2.24) is 4.31 Å². The lowest BCUT2D eigenvalue weighted by molar-refractivity contribution is -0.371. The molecule has 3 unspecified atom stereocenters. The van der Waals surface area contributed by atoms with E-state index in [0.29, 0.717) is 36.6 Å². The zero-order valence-electron chi connectivity index (χ0n) is 24.9. The fourth-order valence-corrected chi connectivity index (χ4v) is 7.02. The third kappa shape index (κ3) is 7.71. The highest BCUT2D eigenvalue weighted by Gasteiger charge is 2.51. The molecule has 242 valence electrons. The molecule has 6 atom stereocenters. The van der Waals surface area contributed by atoms with Crippen molar-refractivity contribution in [3.63, 3.8) is 0 Å². The third-order valence-electron chi connectivity index (χ3n) is 8.03. The molecule has 1 aliphatic carbocycles. The van der Waals surface area contributed by atoms with Crippen molar-refractivity contribution >= 4 is 16.4 Å². The molecule has 0 spiro atoms. The molecule has 2 aliphatic heterocycles. The maximum atomic E-state index is 13.1. The molecule has 3 fully saturated rings. The van der Waals surface area contributed by atoms with Gasteiger partial charge in [-0.1, -0.05) is 61.9 Å². The van der Waals surface area contributed by atoms with Crippen LogP contribution in [0, 0.1) is 0 Å². The van der Waals surface area contributed by atoms with Crippen LogP contribution in [-0.4, -0.2) is 87.1 Å². The Morgan fingerprint density at radius 1 is 1.00 bits per heavy atom. The highest BCUT2D eigenvalue weighted by Crippen LogP contribution is 2.37. The number of ether oxygens (including phenoxy) is 6. The second kappa shape index (κ2) is 15.0. The van der Waals surface area contributed by atoms with E-state index in [9.17, 15) is 18.3 Å². The van der Waals surface area contributed by atoms with Crippen LogP contribution in [0.25, 0.3) is 0 Å². The summed E-state index contributed by atoms with van der Waals surface area (Å²) in [7, 11) is -3.36. The molecule has 13 heteroatoms. The van der Waals surface area contributed by atoms with Gasteiger partial charge in [0, 0.05) is 12.2 Å². The Bertz CT molecular complexity index is 1290. The van der Waals surface area contributed by atoms with E-state index in [-0.39, 0.29) is 18.5 Å². The van der Waals surface area contributed by atoms with E-state index in [1.807, 2.05) is 37.3 Å². The first-order valence-electron chi connectivity index (χ1n) is 15.1. The summed E-state index contributed by atoms with van der Waals surface area (Å²) >= 11 is 0. The molecule has 1 N–H and O–H groups in total. The molecule has 2 aromatic rings. The van der Waals surface area contributed by atoms with Crippen LogP contribution in [-0.2, 0) is 38.7 Å². The summed E-state index contributed by atoms with van der Waals surface area (Å²) in [5.74, 6) is 0.0876. The molecule has 1 amide bonds. The van der Waals surface area contributed by atoms with Gasteiger partial charge in [0.25, 0.3) is 0 Å². The number of hydrogen-bond acceptors (Lipinski definition) is 11. The number of rotatable bonds is 11. The van der Waals surface area contributed by atoms with Crippen LogP contribution in [0.1, 0.15) is 57.3 Å². The van der Waals surface area contributed by atoms with E-state index >= 15 is 0 Å². The number of para-hydroxylation sites is 1. The Balaban J connectivity index is 1.23. The van der Waals surface area contributed by atoms with Gasteiger partial charge in [-0.25, -0.2) is 4.79 Å². The molecule has 0 radical (unpaired) electrons. The van der Waals surface area contributed by atoms with E-state index in [2.05, 4.69) is 0 Å². The average Bonchev–Trinajstić information content (AvgIpc) is 3.04. The van der Waals surface area contributed by atoms with Crippen molar-refractivity contribution in [3.05, 3.63) is 66.2 Å². The first-order chi connectivity index (χ1) is 21.3. The number of amides is 1. The van der Waals surface area contributed by atoms with Gasteiger partial charge in [0.05, 0.1) is 25.9 Å². The summed E-state index contributed by atoms with van der Waals surface area (Å²) in [6.07, 6.45) is -2.80. The maximum Gasteiger partial charge on any atom is 0.426 e. The number of carbonyl (C=O) groups excluding carboxylic acids is 1. The van der Waals surface area contributed by atoms with Crippen molar-refractivity contribution in [3.8, 4) is 5.75 Å². The minimum Gasteiger partial charge on any atom is -0.452 e. The number of fused-ring (bicyclic) bond motifs is 1. The maximum absolute atomic E-state index is 13.1. The predicted molar refractivity (Wildman–Crippen MR) is 157 cm³/mol. The largest absolute Gasteiger partial charge is 0.452 e. The molecule has 2 saturated heterocycles. The number of aliphatic hydroxyl groups excluding tert-OH is 1. The molecule has 0 aromatic heterocycles. The first-order valence-corrected chi connectivity index (χ1v) is 16.5. The van der Waals surface area contributed by atoms with Crippen LogP contribution in [0.2, 0.25) is 0 Å². The van der Waals surface area contributed by atoms with Crippen LogP contribution >= 0.6 is 0 Å². The Morgan fingerprint density at radius 3 is 2.34 bits per heavy atom. The van der Waals surface area contributed by atoms with E-state index in [1.54, 1.807) is 18.2 Å². The second-order valence-corrected chi connectivity index (χ2v) is 12.5. The van der Waals surface area contributed by atoms with Gasteiger partial charge in [-0.2, -0.15) is 12.7 Å². The number of methoxy groups -OCH3 is 1. The molecule has 44 heavy (non-hydrogen) atoms. The molecule has 3 aliphatic rings. The lowest BCUT2D eigenvalue weighted by Crippen LogP contribution is -2.63. The molecule has 5 rings (SSSR count). The Hall–Kier alpha value is -2.78. The fraction of sp³-hybridized carbons (Fsp3) is 0.581. The summed E-state index contributed by atoms with van der Waals surface area (Å²) in [5.41, 5.74) is 0.842. The van der Waals surface area contributed by atoms with E-state index in [4.69, 9.17) is 32.6 Å². The van der Waals surface area contributed by atoms with Crippen molar-refractivity contribution in [2.45, 2.75) is 94.6 Å². The third-order valence-corrected chi connectivity index (χ3v) is 9.36. The van der Waals surface area contributed by atoms with Gasteiger partial charge < -0.3 is 37.7 Å². The predicted octanol–water partition coefficient (Wildman–Crippen LogP) is 4.09.